The Labute approximate surface area is 139 Å². The first kappa shape index (κ1) is 14.9. The highest BCUT2D eigenvalue weighted by atomic mass is 16.5. The fourth-order valence-corrected chi connectivity index (χ4v) is 3.23. The van der Waals surface area contributed by atoms with Gasteiger partial charge in [-0.25, -0.2) is 9.97 Å². The second-order valence-electron chi connectivity index (χ2n) is 5.84. The molecular formula is C17H19N5O2. The second-order valence-corrected chi connectivity index (χ2v) is 5.84. The van der Waals surface area contributed by atoms with Crippen molar-refractivity contribution >= 4 is 16.9 Å². The molecule has 1 saturated heterocycles. The summed E-state index contributed by atoms with van der Waals surface area (Å²) in [5.41, 5.74) is 2.10. The van der Waals surface area contributed by atoms with Crippen molar-refractivity contribution in [3.63, 3.8) is 0 Å². The van der Waals surface area contributed by atoms with Crippen LogP contribution >= 0.6 is 0 Å². The molecule has 7 nitrogen and oxygen atoms in total. The maximum Gasteiger partial charge on any atom is 0.253 e. The number of carbonyl (C=O) groups is 1. The molecular weight excluding hydrogens is 306 g/mol. The Morgan fingerprint density at radius 2 is 2.38 bits per heavy atom. The zero-order valence-electron chi connectivity index (χ0n) is 13.4. The highest BCUT2D eigenvalue weighted by Gasteiger charge is 2.34. The van der Waals surface area contributed by atoms with E-state index in [2.05, 4.69) is 27.2 Å². The molecule has 2 aromatic heterocycles. The predicted octanol–water partition coefficient (Wildman–Crippen LogP) is 2.04. The van der Waals surface area contributed by atoms with Gasteiger partial charge < -0.3 is 19.6 Å². The van der Waals surface area contributed by atoms with E-state index in [1.54, 1.807) is 18.6 Å². The molecule has 7 heteroatoms. The number of benzene rings is 1. The van der Waals surface area contributed by atoms with E-state index in [4.69, 9.17) is 4.74 Å². The number of carbonyl (C=O) groups excluding carboxylic acids is 1. The van der Waals surface area contributed by atoms with E-state index < -0.39 is 0 Å². The molecule has 0 aliphatic carbocycles. The minimum atomic E-state index is -0.220. The Balaban J connectivity index is 1.58. The van der Waals surface area contributed by atoms with Gasteiger partial charge in [-0.3, -0.25) is 4.79 Å². The lowest BCUT2D eigenvalue weighted by Gasteiger charge is -2.20. The Hall–Kier alpha value is -2.67. The summed E-state index contributed by atoms with van der Waals surface area (Å²) in [4.78, 5) is 24.4. The van der Waals surface area contributed by atoms with Gasteiger partial charge in [0.2, 0.25) is 0 Å². The number of nitrogens with one attached hydrogen (secondary N) is 2. The molecule has 124 valence electrons. The van der Waals surface area contributed by atoms with Crippen molar-refractivity contribution < 1.29 is 9.53 Å². The second kappa shape index (κ2) is 6.09. The molecule has 0 saturated carbocycles. The molecule has 1 aliphatic rings. The van der Waals surface area contributed by atoms with Gasteiger partial charge >= 0.3 is 0 Å². The van der Waals surface area contributed by atoms with Crippen molar-refractivity contribution in [1.82, 2.24) is 24.8 Å². The average molecular weight is 325 g/mol. The van der Waals surface area contributed by atoms with Gasteiger partial charge in [-0.05, 0) is 25.5 Å². The van der Waals surface area contributed by atoms with Crippen LogP contribution in [-0.4, -0.2) is 38.1 Å². The van der Waals surface area contributed by atoms with Crippen molar-refractivity contribution in [2.24, 2.45) is 0 Å². The highest BCUT2D eigenvalue weighted by Crippen LogP contribution is 2.28. The molecule has 2 N–H and O–H groups in total. The maximum atomic E-state index is 12.7. The molecule has 2 atom stereocenters. The molecule has 4 rings (SSSR count). The van der Waals surface area contributed by atoms with E-state index in [-0.39, 0.29) is 18.1 Å². The number of hydrogen-bond donors (Lipinski definition) is 2. The van der Waals surface area contributed by atoms with Crippen molar-refractivity contribution in [2.45, 2.75) is 32.0 Å². The smallest absolute Gasteiger partial charge is 0.253 e. The highest BCUT2D eigenvalue weighted by molar-refractivity contribution is 6.04. The van der Waals surface area contributed by atoms with Gasteiger partial charge in [0.15, 0.2) is 0 Å². The number of aryl methyl sites for hydroxylation is 1. The van der Waals surface area contributed by atoms with Crippen LogP contribution in [-0.2, 0) is 11.3 Å². The standard InChI is InChI=1S/C17H19N5O2/c1-2-22-8-7-18-16(22)15-13(6-9-24-15)21-17(23)11-4-3-5-12-14(11)20-10-19-12/h3-5,7-8,10,13,15H,2,6,9H2,1H3,(H,19,20)(H,21,23)/t13-,15-/m0/s1. The number of H-pyrrole nitrogens is 1. The molecule has 0 radical (unpaired) electrons. The quantitative estimate of drug-likeness (QED) is 0.769. The Morgan fingerprint density at radius 3 is 3.25 bits per heavy atom. The van der Waals surface area contributed by atoms with Crippen LogP contribution in [0.25, 0.3) is 11.0 Å². The fourth-order valence-electron chi connectivity index (χ4n) is 3.23. The normalized spacial score (nSPS) is 20.5. The van der Waals surface area contributed by atoms with E-state index in [1.807, 2.05) is 22.9 Å². The lowest BCUT2D eigenvalue weighted by Crippen LogP contribution is -2.37. The van der Waals surface area contributed by atoms with E-state index in [9.17, 15) is 4.79 Å². The number of imidazole rings is 2. The number of nitrogens with zero attached hydrogens (tertiary/aromatic N) is 3. The van der Waals surface area contributed by atoms with Gasteiger partial charge in [0.05, 0.1) is 23.4 Å². The number of aromatic amines is 1. The zero-order chi connectivity index (χ0) is 16.5. The summed E-state index contributed by atoms with van der Waals surface area (Å²) < 4.78 is 7.89. The largest absolute Gasteiger partial charge is 0.368 e. The van der Waals surface area contributed by atoms with Crippen LogP contribution in [0.4, 0.5) is 0 Å². The Kier molecular flexibility index (Phi) is 3.78. The minimum Gasteiger partial charge on any atom is -0.368 e. The number of para-hydroxylation sites is 1. The van der Waals surface area contributed by atoms with Crippen LogP contribution in [0.3, 0.4) is 0 Å². The summed E-state index contributed by atoms with van der Waals surface area (Å²) in [5.74, 6) is 0.723. The van der Waals surface area contributed by atoms with Crippen molar-refractivity contribution in [3.05, 3.63) is 48.3 Å². The molecule has 1 amide bonds. The number of fused-ring (bicyclic) bond motifs is 1. The van der Waals surface area contributed by atoms with E-state index in [1.165, 1.54) is 0 Å². The molecule has 1 aliphatic heterocycles. The van der Waals surface area contributed by atoms with Crippen molar-refractivity contribution in [3.8, 4) is 0 Å². The van der Waals surface area contributed by atoms with Gasteiger partial charge in [-0.1, -0.05) is 6.07 Å². The summed E-state index contributed by atoms with van der Waals surface area (Å²) in [6.07, 6.45) is 5.84. The third-order valence-corrected chi connectivity index (χ3v) is 4.45. The SMILES string of the molecule is CCn1ccnc1[C@H]1OCC[C@@H]1NC(=O)c1cccc2[nH]cnc12. The molecule has 0 bridgehead atoms. The first-order chi connectivity index (χ1) is 11.8. The fraction of sp³-hybridized carbons (Fsp3) is 0.353. The Morgan fingerprint density at radius 1 is 1.46 bits per heavy atom. The number of hydrogen-bond acceptors (Lipinski definition) is 4. The third kappa shape index (κ3) is 2.46. The summed E-state index contributed by atoms with van der Waals surface area (Å²) in [6, 6.07) is 5.44. The Bertz CT molecular complexity index is 869. The molecule has 1 fully saturated rings. The van der Waals surface area contributed by atoms with Crippen molar-refractivity contribution in [1.29, 1.82) is 0 Å². The van der Waals surface area contributed by atoms with Gasteiger partial charge in [0.25, 0.3) is 5.91 Å². The summed E-state index contributed by atoms with van der Waals surface area (Å²) in [5, 5.41) is 3.10. The van der Waals surface area contributed by atoms with Crippen LogP contribution < -0.4 is 5.32 Å². The number of rotatable bonds is 4. The number of ether oxygens (including phenoxy) is 1. The maximum absolute atomic E-state index is 12.7. The minimum absolute atomic E-state index is 0.0978. The van der Waals surface area contributed by atoms with Crippen LogP contribution in [0, 0.1) is 0 Å². The first-order valence-electron chi connectivity index (χ1n) is 8.13. The first-order valence-corrected chi connectivity index (χ1v) is 8.13. The summed E-state index contributed by atoms with van der Waals surface area (Å²) >= 11 is 0. The van der Waals surface area contributed by atoms with Crippen LogP contribution in [0.2, 0.25) is 0 Å². The van der Waals surface area contributed by atoms with Crippen LogP contribution in [0.15, 0.2) is 36.9 Å². The molecule has 24 heavy (non-hydrogen) atoms. The molecule has 0 unspecified atom stereocenters. The summed E-state index contributed by atoms with van der Waals surface area (Å²) in [6.45, 7) is 3.49. The lowest BCUT2D eigenvalue weighted by molar-refractivity contribution is 0.0776. The van der Waals surface area contributed by atoms with E-state index in [0.29, 0.717) is 17.7 Å². The van der Waals surface area contributed by atoms with Gasteiger partial charge in [0.1, 0.15) is 17.4 Å². The zero-order valence-corrected chi connectivity index (χ0v) is 13.4. The topological polar surface area (TPSA) is 84.8 Å². The van der Waals surface area contributed by atoms with Crippen molar-refractivity contribution in [2.75, 3.05) is 6.61 Å². The molecule has 1 aromatic carbocycles. The monoisotopic (exact) mass is 325 g/mol. The number of amides is 1. The molecule has 0 spiro atoms. The number of aromatic nitrogens is 4. The van der Waals surface area contributed by atoms with Gasteiger partial charge in [0, 0.05) is 25.5 Å². The van der Waals surface area contributed by atoms with E-state index in [0.717, 1.165) is 24.3 Å². The lowest BCUT2D eigenvalue weighted by atomic mass is 10.1. The van der Waals surface area contributed by atoms with Crippen LogP contribution in [0.5, 0.6) is 0 Å². The summed E-state index contributed by atoms with van der Waals surface area (Å²) in [7, 11) is 0. The van der Waals surface area contributed by atoms with Gasteiger partial charge in [-0.15, -0.1) is 0 Å². The van der Waals surface area contributed by atoms with Crippen LogP contribution in [0.1, 0.15) is 35.6 Å². The average Bonchev–Trinajstić information content (AvgIpc) is 3.33. The third-order valence-electron chi connectivity index (χ3n) is 4.45. The predicted molar refractivity (Wildman–Crippen MR) is 88.6 cm³/mol. The van der Waals surface area contributed by atoms with E-state index >= 15 is 0 Å². The molecule has 3 aromatic rings. The molecule has 3 heterocycles. The van der Waals surface area contributed by atoms with Gasteiger partial charge in [-0.2, -0.15) is 0 Å².